The number of rotatable bonds is 9. The summed E-state index contributed by atoms with van der Waals surface area (Å²) in [6.45, 7) is 0.106. The lowest BCUT2D eigenvalue weighted by molar-refractivity contribution is -0.147. The third-order valence-corrected chi connectivity index (χ3v) is 7.71. The second kappa shape index (κ2) is 11.9. The molecule has 0 saturated carbocycles. The molecule has 0 saturated heterocycles. The van der Waals surface area contributed by atoms with Gasteiger partial charge in [-0.1, -0.05) is 54.6 Å². The number of amides is 1. The zero-order valence-corrected chi connectivity index (χ0v) is 23.7. The number of phenols is 1. The number of esters is 1. The molecule has 2 heterocycles. The van der Waals surface area contributed by atoms with E-state index in [1.165, 1.54) is 6.07 Å². The van der Waals surface area contributed by atoms with Gasteiger partial charge in [-0.25, -0.2) is 14.8 Å². The maximum atomic E-state index is 13.5. The Kier molecular flexibility index (Phi) is 7.74. The highest BCUT2D eigenvalue weighted by molar-refractivity contribution is 7.98. The number of nitrogens with zero attached hydrogens (tertiary/aromatic N) is 3. The van der Waals surface area contributed by atoms with E-state index in [1.807, 2.05) is 89.5 Å². The van der Waals surface area contributed by atoms with E-state index in [-0.39, 0.29) is 17.9 Å². The van der Waals surface area contributed by atoms with Gasteiger partial charge in [0.05, 0.1) is 22.1 Å². The zero-order valence-electron chi connectivity index (χ0n) is 22.9. The highest BCUT2D eigenvalue weighted by Crippen LogP contribution is 2.31. The predicted octanol–water partition coefficient (Wildman–Crippen LogP) is 6.00. The normalized spacial score (nSPS) is 12.0. The molecule has 0 fully saturated rings. The standard InChI is InChI=1S/C33H28N4O4S/c1-42-18-17-27(33(40)41-20-21-9-3-2-4-10-21)36-32(39)24-19-22(15-16-29(24)38)30-34-25-12-6-5-11-23(25)31-35-26-13-7-8-14-28(26)37(30)31/h2-16,19,27,38H,17-18,20H2,1H3,(H,36,39)/t27-/m0/s1. The Morgan fingerprint density at radius 1 is 0.929 bits per heavy atom. The Hall–Kier alpha value is -4.89. The average Bonchev–Trinajstić information content (AvgIpc) is 3.42. The van der Waals surface area contributed by atoms with Gasteiger partial charge in [-0.15, -0.1) is 0 Å². The summed E-state index contributed by atoms with van der Waals surface area (Å²) in [5.74, 6) is -0.0913. The number of hydrogen-bond acceptors (Lipinski definition) is 7. The number of imidazole rings is 1. The Morgan fingerprint density at radius 2 is 1.67 bits per heavy atom. The number of aromatic nitrogens is 3. The van der Waals surface area contributed by atoms with E-state index in [4.69, 9.17) is 14.7 Å². The number of thioether (sulfide) groups is 1. The Morgan fingerprint density at radius 3 is 2.48 bits per heavy atom. The van der Waals surface area contributed by atoms with E-state index in [9.17, 15) is 14.7 Å². The van der Waals surface area contributed by atoms with E-state index < -0.39 is 17.9 Å². The zero-order chi connectivity index (χ0) is 29.1. The lowest BCUT2D eigenvalue weighted by Crippen LogP contribution is -2.42. The molecule has 6 rings (SSSR count). The molecule has 2 N–H and O–H groups in total. The molecule has 0 aliphatic carbocycles. The summed E-state index contributed by atoms with van der Waals surface area (Å²) in [5.41, 5.74) is 4.70. The fraction of sp³-hybridized carbons (Fsp3) is 0.152. The molecular formula is C33H28N4O4S. The molecule has 0 aliphatic heterocycles. The van der Waals surface area contributed by atoms with Gasteiger partial charge in [0, 0.05) is 10.9 Å². The van der Waals surface area contributed by atoms with Gasteiger partial charge in [0.1, 0.15) is 29.9 Å². The number of benzene rings is 4. The van der Waals surface area contributed by atoms with Crippen molar-refractivity contribution in [2.75, 3.05) is 12.0 Å². The summed E-state index contributed by atoms with van der Waals surface area (Å²) >= 11 is 1.57. The van der Waals surface area contributed by atoms with Gasteiger partial charge in [0.15, 0.2) is 0 Å². The fourth-order valence-corrected chi connectivity index (χ4v) is 5.42. The van der Waals surface area contributed by atoms with Crippen LogP contribution in [0.1, 0.15) is 22.3 Å². The van der Waals surface area contributed by atoms with Crippen molar-refractivity contribution in [1.82, 2.24) is 19.7 Å². The van der Waals surface area contributed by atoms with Crippen LogP contribution in [-0.4, -0.2) is 49.4 Å². The molecule has 0 radical (unpaired) electrons. The van der Waals surface area contributed by atoms with E-state index in [0.717, 1.165) is 33.1 Å². The Bertz CT molecular complexity index is 1920. The summed E-state index contributed by atoms with van der Waals surface area (Å²) in [7, 11) is 0. The topological polar surface area (TPSA) is 106 Å². The maximum Gasteiger partial charge on any atom is 0.329 e. The Labute approximate surface area is 246 Å². The van der Waals surface area contributed by atoms with E-state index in [2.05, 4.69) is 5.32 Å². The van der Waals surface area contributed by atoms with Crippen LogP contribution in [0, 0.1) is 0 Å². The van der Waals surface area contributed by atoms with Crippen molar-refractivity contribution in [3.63, 3.8) is 0 Å². The first-order valence-electron chi connectivity index (χ1n) is 13.5. The number of aromatic hydroxyl groups is 1. The van der Waals surface area contributed by atoms with Crippen molar-refractivity contribution >= 4 is 51.2 Å². The van der Waals surface area contributed by atoms with Crippen LogP contribution in [0.5, 0.6) is 5.75 Å². The lowest BCUT2D eigenvalue weighted by atomic mass is 10.1. The van der Waals surface area contributed by atoms with E-state index in [1.54, 1.807) is 23.9 Å². The third-order valence-electron chi connectivity index (χ3n) is 7.07. The Balaban J connectivity index is 1.35. The summed E-state index contributed by atoms with van der Waals surface area (Å²) in [5, 5.41) is 14.4. The molecule has 4 aromatic carbocycles. The van der Waals surface area contributed by atoms with Crippen LogP contribution in [-0.2, 0) is 16.1 Å². The van der Waals surface area contributed by atoms with Gasteiger partial charge < -0.3 is 15.2 Å². The first-order chi connectivity index (χ1) is 20.5. The predicted molar refractivity (Wildman–Crippen MR) is 166 cm³/mol. The summed E-state index contributed by atoms with van der Waals surface area (Å²) in [6, 6.07) is 28.8. The van der Waals surface area contributed by atoms with Crippen molar-refractivity contribution in [3.8, 4) is 17.1 Å². The lowest BCUT2D eigenvalue weighted by Gasteiger charge is -2.18. The van der Waals surface area contributed by atoms with Crippen LogP contribution in [0.25, 0.3) is 39.0 Å². The minimum absolute atomic E-state index is 0.0324. The molecule has 210 valence electrons. The second-order valence-corrected chi connectivity index (χ2v) is 10.8. The van der Waals surface area contributed by atoms with Crippen LogP contribution >= 0.6 is 11.8 Å². The van der Waals surface area contributed by atoms with Gasteiger partial charge in [0.2, 0.25) is 0 Å². The van der Waals surface area contributed by atoms with Crippen LogP contribution in [0.2, 0.25) is 0 Å². The molecule has 9 heteroatoms. The molecule has 0 unspecified atom stereocenters. The van der Waals surface area contributed by atoms with E-state index in [0.29, 0.717) is 23.6 Å². The third kappa shape index (κ3) is 5.38. The van der Waals surface area contributed by atoms with Crippen molar-refractivity contribution < 1.29 is 19.4 Å². The molecule has 42 heavy (non-hydrogen) atoms. The van der Waals surface area contributed by atoms with Gasteiger partial charge >= 0.3 is 5.97 Å². The minimum atomic E-state index is -0.875. The first-order valence-corrected chi connectivity index (χ1v) is 14.9. The number of ether oxygens (including phenoxy) is 1. The maximum absolute atomic E-state index is 13.5. The number of nitrogens with one attached hydrogen (secondary N) is 1. The smallest absolute Gasteiger partial charge is 0.329 e. The molecule has 0 bridgehead atoms. The molecule has 1 atom stereocenters. The summed E-state index contributed by atoms with van der Waals surface area (Å²) < 4.78 is 7.49. The van der Waals surface area contributed by atoms with Crippen molar-refractivity contribution in [2.45, 2.75) is 19.1 Å². The van der Waals surface area contributed by atoms with Gasteiger partial charge in [0.25, 0.3) is 5.91 Å². The molecule has 0 aliphatic rings. The number of para-hydroxylation sites is 3. The van der Waals surface area contributed by atoms with Crippen molar-refractivity contribution in [2.24, 2.45) is 0 Å². The van der Waals surface area contributed by atoms with Crippen molar-refractivity contribution in [1.29, 1.82) is 0 Å². The molecule has 1 amide bonds. The molecule has 6 aromatic rings. The minimum Gasteiger partial charge on any atom is -0.507 e. The first kappa shape index (κ1) is 27.3. The highest BCUT2D eigenvalue weighted by Gasteiger charge is 2.25. The fourth-order valence-electron chi connectivity index (χ4n) is 4.95. The highest BCUT2D eigenvalue weighted by atomic mass is 32.2. The molecule has 8 nitrogen and oxygen atoms in total. The van der Waals surface area contributed by atoms with Gasteiger partial charge in [-0.2, -0.15) is 11.8 Å². The quantitative estimate of drug-likeness (QED) is 0.203. The van der Waals surface area contributed by atoms with Crippen LogP contribution in [0.4, 0.5) is 0 Å². The number of fused-ring (bicyclic) bond motifs is 5. The van der Waals surface area contributed by atoms with Gasteiger partial charge in [-0.3, -0.25) is 9.20 Å². The number of hydrogen-bond donors (Lipinski definition) is 2. The monoisotopic (exact) mass is 576 g/mol. The van der Waals surface area contributed by atoms with Crippen LogP contribution in [0.15, 0.2) is 97.1 Å². The molecule has 2 aromatic heterocycles. The number of carbonyl (C=O) groups excluding carboxylic acids is 2. The van der Waals surface area contributed by atoms with Gasteiger partial charge in [-0.05, 0) is 66.5 Å². The van der Waals surface area contributed by atoms with Crippen molar-refractivity contribution in [3.05, 3.63) is 108 Å². The summed E-state index contributed by atoms with van der Waals surface area (Å²) in [4.78, 5) is 36.3. The SMILES string of the molecule is CSCC[C@H](NC(=O)c1cc(-c2nc3ccccc3c3nc4ccccc4n23)ccc1O)C(=O)OCc1ccccc1. The summed E-state index contributed by atoms with van der Waals surface area (Å²) in [6.07, 6.45) is 2.31. The van der Waals surface area contributed by atoms with Crippen LogP contribution < -0.4 is 5.32 Å². The average molecular weight is 577 g/mol. The largest absolute Gasteiger partial charge is 0.507 e. The number of carbonyl (C=O) groups is 2. The molecule has 0 spiro atoms. The van der Waals surface area contributed by atoms with E-state index >= 15 is 0 Å². The number of phenolic OH excluding ortho intramolecular Hbond substituents is 1. The van der Waals surface area contributed by atoms with Crippen LogP contribution in [0.3, 0.4) is 0 Å². The molecular weight excluding hydrogens is 548 g/mol. The second-order valence-electron chi connectivity index (χ2n) is 9.84.